The van der Waals surface area contributed by atoms with Gasteiger partial charge in [-0.2, -0.15) is 0 Å². The Hall–Kier alpha value is -2.29. The van der Waals surface area contributed by atoms with Gasteiger partial charge in [-0.05, 0) is 61.9 Å². The first-order valence-electron chi connectivity index (χ1n) is 8.60. The van der Waals surface area contributed by atoms with Crippen LogP contribution >= 0.6 is 0 Å². The Balaban J connectivity index is 2.19. The van der Waals surface area contributed by atoms with E-state index in [0.717, 1.165) is 40.1 Å². The molecule has 0 heterocycles. The minimum Gasteiger partial charge on any atom is -0.480 e. The summed E-state index contributed by atoms with van der Waals surface area (Å²) in [6, 6.07) is 12.0. The lowest BCUT2D eigenvalue weighted by atomic mass is 10.1. The molecule has 0 spiro atoms. The quantitative estimate of drug-likeness (QED) is 0.814. The van der Waals surface area contributed by atoms with Crippen LogP contribution in [0.2, 0.25) is 0 Å². The standard InChI is InChI=1S/C21H27NO2/c1-6-17-12-8-11-15(4)20(17)22-21(23)18(7-2)24-19-13-9-10-14(3)16(19)5/h8-13,18H,6-7H2,1-5H3,(H,22,23). The highest BCUT2D eigenvalue weighted by Crippen LogP contribution is 2.24. The predicted molar refractivity (Wildman–Crippen MR) is 99.8 cm³/mol. The van der Waals surface area contributed by atoms with E-state index in [0.29, 0.717) is 6.42 Å². The third kappa shape index (κ3) is 3.97. The summed E-state index contributed by atoms with van der Waals surface area (Å²) in [4.78, 5) is 12.7. The number of amides is 1. The van der Waals surface area contributed by atoms with E-state index >= 15 is 0 Å². The number of carbonyl (C=O) groups is 1. The molecular formula is C21H27NO2. The van der Waals surface area contributed by atoms with Crippen molar-refractivity contribution >= 4 is 11.6 Å². The van der Waals surface area contributed by atoms with E-state index in [2.05, 4.69) is 18.3 Å². The summed E-state index contributed by atoms with van der Waals surface area (Å²) in [5, 5.41) is 3.07. The topological polar surface area (TPSA) is 38.3 Å². The van der Waals surface area contributed by atoms with Gasteiger partial charge in [-0.1, -0.05) is 44.2 Å². The van der Waals surface area contributed by atoms with Gasteiger partial charge in [-0.15, -0.1) is 0 Å². The Morgan fingerprint density at radius 1 is 1.04 bits per heavy atom. The summed E-state index contributed by atoms with van der Waals surface area (Å²) >= 11 is 0. The fraction of sp³-hybridized carbons (Fsp3) is 0.381. The predicted octanol–water partition coefficient (Wildman–Crippen LogP) is 4.97. The monoisotopic (exact) mass is 325 g/mol. The largest absolute Gasteiger partial charge is 0.480 e. The van der Waals surface area contributed by atoms with E-state index in [9.17, 15) is 4.79 Å². The van der Waals surface area contributed by atoms with Gasteiger partial charge in [0.1, 0.15) is 5.75 Å². The Bertz CT molecular complexity index is 722. The highest BCUT2D eigenvalue weighted by Gasteiger charge is 2.21. The summed E-state index contributed by atoms with van der Waals surface area (Å²) in [5.41, 5.74) is 5.37. The first-order valence-corrected chi connectivity index (χ1v) is 8.60. The average Bonchev–Trinajstić information content (AvgIpc) is 2.57. The van der Waals surface area contributed by atoms with Crippen molar-refractivity contribution in [2.75, 3.05) is 5.32 Å². The van der Waals surface area contributed by atoms with E-state index < -0.39 is 6.10 Å². The van der Waals surface area contributed by atoms with Crippen molar-refractivity contribution in [3.8, 4) is 5.75 Å². The van der Waals surface area contributed by atoms with Gasteiger partial charge < -0.3 is 10.1 Å². The molecule has 1 amide bonds. The number of rotatable bonds is 6. The summed E-state index contributed by atoms with van der Waals surface area (Å²) in [7, 11) is 0. The van der Waals surface area contributed by atoms with Crippen molar-refractivity contribution in [2.45, 2.75) is 53.6 Å². The molecule has 24 heavy (non-hydrogen) atoms. The van der Waals surface area contributed by atoms with Crippen LogP contribution in [0, 0.1) is 20.8 Å². The number of anilines is 1. The zero-order valence-electron chi connectivity index (χ0n) is 15.3. The van der Waals surface area contributed by atoms with Crippen molar-refractivity contribution < 1.29 is 9.53 Å². The molecular weight excluding hydrogens is 298 g/mol. The van der Waals surface area contributed by atoms with E-state index in [-0.39, 0.29) is 5.91 Å². The summed E-state index contributed by atoms with van der Waals surface area (Å²) < 4.78 is 6.01. The SMILES string of the molecule is CCc1cccc(C)c1NC(=O)C(CC)Oc1cccc(C)c1C. The van der Waals surface area contributed by atoms with E-state index in [1.165, 1.54) is 0 Å². The molecule has 0 saturated carbocycles. The zero-order valence-corrected chi connectivity index (χ0v) is 15.3. The van der Waals surface area contributed by atoms with Gasteiger partial charge in [-0.3, -0.25) is 4.79 Å². The third-order valence-corrected chi connectivity index (χ3v) is 4.48. The number of para-hydroxylation sites is 1. The van der Waals surface area contributed by atoms with Crippen LogP contribution in [0.25, 0.3) is 0 Å². The average molecular weight is 325 g/mol. The van der Waals surface area contributed by atoms with Crippen molar-refractivity contribution in [3.63, 3.8) is 0 Å². The third-order valence-electron chi connectivity index (χ3n) is 4.48. The fourth-order valence-corrected chi connectivity index (χ4v) is 2.73. The second-order valence-corrected chi connectivity index (χ2v) is 6.16. The van der Waals surface area contributed by atoms with Crippen molar-refractivity contribution in [1.82, 2.24) is 0 Å². The maximum absolute atomic E-state index is 12.7. The number of hydrogen-bond acceptors (Lipinski definition) is 2. The molecule has 3 heteroatoms. The molecule has 0 fully saturated rings. The molecule has 0 aliphatic rings. The molecule has 2 aromatic carbocycles. The molecule has 128 valence electrons. The van der Waals surface area contributed by atoms with Crippen LogP contribution < -0.4 is 10.1 Å². The molecule has 1 unspecified atom stereocenters. The van der Waals surface area contributed by atoms with Crippen molar-refractivity contribution in [2.24, 2.45) is 0 Å². The Morgan fingerprint density at radius 2 is 1.71 bits per heavy atom. The maximum Gasteiger partial charge on any atom is 0.265 e. The van der Waals surface area contributed by atoms with Crippen molar-refractivity contribution in [1.29, 1.82) is 0 Å². The molecule has 2 aromatic rings. The van der Waals surface area contributed by atoms with Crippen LogP contribution in [0.4, 0.5) is 5.69 Å². The van der Waals surface area contributed by atoms with Crippen LogP contribution in [0.1, 0.15) is 42.5 Å². The van der Waals surface area contributed by atoms with Crippen LogP contribution in [-0.4, -0.2) is 12.0 Å². The lowest BCUT2D eigenvalue weighted by Crippen LogP contribution is -2.33. The second-order valence-electron chi connectivity index (χ2n) is 6.16. The van der Waals surface area contributed by atoms with Gasteiger partial charge in [0.2, 0.25) is 0 Å². The molecule has 2 rings (SSSR count). The number of hydrogen-bond donors (Lipinski definition) is 1. The number of nitrogens with one attached hydrogen (secondary N) is 1. The highest BCUT2D eigenvalue weighted by molar-refractivity contribution is 5.95. The second kappa shape index (κ2) is 8.00. The van der Waals surface area contributed by atoms with Gasteiger partial charge in [0.25, 0.3) is 5.91 Å². The maximum atomic E-state index is 12.7. The highest BCUT2D eigenvalue weighted by atomic mass is 16.5. The van der Waals surface area contributed by atoms with Gasteiger partial charge in [-0.25, -0.2) is 0 Å². The molecule has 0 aliphatic heterocycles. The number of carbonyl (C=O) groups excluding carboxylic acids is 1. The first-order chi connectivity index (χ1) is 11.5. The molecule has 0 aliphatic carbocycles. The van der Waals surface area contributed by atoms with Crippen LogP contribution in [0.5, 0.6) is 5.75 Å². The van der Waals surface area contributed by atoms with Crippen LogP contribution in [0.3, 0.4) is 0 Å². The normalized spacial score (nSPS) is 11.9. The number of aryl methyl sites for hydroxylation is 3. The summed E-state index contributed by atoms with van der Waals surface area (Å²) in [6.45, 7) is 10.1. The lowest BCUT2D eigenvalue weighted by molar-refractivity contribution is -0.122. The summed E-state index contributed by atoms with van der Waals surface area (Å²) in [6.07, 6.45) is 0.994. The fourth-order valence-electron chi connectivity index (χ4n) is 2.73. The van der Waals surface area contributed by atoms with Gasteiger partial charge >= 0.3 is 0 Å². The minimum absolute atomic E-state index is 0.0950. The summed E-state index contributed by atoms with van der Waals surface area (Å²) in [5.74, 6) is 0.680. The van der Waals surface area contributed by atoms with Gasteiger partial charge in [0, 0.05) is 5.69 Å². The molecule has 1 N–H and O–H groups in total. The molecule has 0 radical (unpaired) electrons. The van der Waals surface area contributed by atoms with E-state index in [1.807, 2.05) is 58.0 Å². The van der Waals surface area contributed by atoms with Crippen LogP contribution in [-0.2, 0) is 11.2 Å². The molecule has 1 atom stereocenters. The molecule has 0 aromatic heterocycles. The van der Waals surface area contributed by atoms with Crippen molar-refractivity contribution in [3.05, 3.63) is 58.7 Å². The smallest absolute Gasteiger partial charge is 0.265 e. The zero-order chi connectivity index (χ0) is 17.7. The molecule has 0 bridgehead atoms. The number of ether oxygens (including phenoxy) is 1. The van der Waals surface area contributed by atoms with Gasteiger partial charge in [0.15, 0.2) is 6.10 Å². The van der Waals surface area contributed by atoms with E-state index in [4.69, 9.17) is 4.74 Å². The van der Waals surface area contributed by atoms with Gasteiger partial charge in [0.05, 0.1) is 0 Å². The van der Waals surface area contributed by atoms with E-state index in [1.54, 1.807) is 0 Å². The lowest BCUT2D eigenvalue weighted by Gasteiger charge is -2.21. The number of benzene rings is 2. The molecule has 0 saturated heterocycles. The Kier molecular flexibility index (Phi) is 6.02. The molecule has 3 nitrogen and oxygen atoms in total. The van der Waals surface area contributed by atoms with Crippen LogP contribution in [0.15, 0.2) is 36.4 Å². The Morgan fingerprint density at radius 3 is 2.38 bits per heavy atom. The minimum atomic E-state index is -0.505. The Labute approximate surface area is 145 Å². The first kappa shape index (κ1) is 18.1.